The summed E-state index contributed by atoms with van der Waals surface area (Å²) in [6.45, 7) is 4.14. The second-order valence-electron chi connectivity index (χ2n) is 5.41. The lowest BCUT2D eigenvalue weighted by Gasteiger charge is -2.34. The molecule has 100 valence electrons. The zero-order chi connectivity index (χ0) is 13.5. The molecule has 0 amide bonds. The molecule has 0 aliphatic heterocycles. The SMILES string of the molecule is CC(C)c1ncncc1-c1nc(C2(N)CCC2)no1. The Kier molecular flexibility index (Phi) is 2.82. The first-order valence-corrected chi connectivity index (χ1v) is 6.53. The van der Waals surface area contributed by atoms with Crippen molar-refractivity contribution in [3.8, 4) is 11.5 Å². The van der Waals surface area contributed by atoms with Crippen LogP contribution >= 0.6 is 0 Å². The summed E-state index contributed by atoms with van der Waals surface area (Å²) in [5.74, 6) is 1.31. The molecule has 6 heteroatoms. The molecule has 6 nitrogen and oxygen atoms in total. The van der Waals surface area contributed by atoms with Gasteiger partial charge >= 0.3 is 0 Å². The first-order chi connectivity index (χ1) is 9.10. The average molecular weight is 259 g/mol. The summed E-state index contributed by atoms with van der Waals surface area (Å²) >= 11 is 0. The summed E-state index contributed by atoms with van der Waals surface area (Å²) < 4.78 is 5.34. The van der Waals surface area contributed by atoms with Gasteiger partial charge in [-0.25, -0.2) is 9.97 Å². The number of nitrogens with two attached hydrogens (primary N) is 1. The van der Waals surface area contributed by atoms with E-state index in [1.807, 2.05) is 0 Å². The predicted molar refractivity (Wildman–Crippen MR) is 69.1 cm³/mol. The fraction of sp³-hybridized carbons (Fsp3) is 0.538. The van der Waals surface area contributed by atoms with Crippen molar-refractivity contribution in [1.82, 2.24) is 20.1 Å². The van der Waals surface area contributed by atoms with Gasteiger partial charge < -0.3 is 10.3 Å². The normalized spacial score (nSPS) is 17.5. The van der Waals surface area contributed by atoms with Crippen molar-refractivity contribution in [2.75, 3.05) is 0 Å². The van der Waals surface area contributed by atoms with Gasteiger partial charge in [0.15, 0.2) is 5.82 Å². The Morgan fingerprint density at radius 2 is 2.16 bits per heavy atom. The molecule has 0 bridgehead atoms. The summed E-state index contributed by atoms with van der Waals surface area (Å²) in [5.41, 5.74) is 7.49. The van der Waals surface area contributed by atoms with Crippen LogP contribution < -0.4 is 5.73 Å². The molecular weight excluding hydrogens is 242 g/mol. The van der Waals surface area contributed by atoms with Crippen molar-refractivity contribution in [3.05, 3.63) is 24.0 Å². The van der Waals surface area contributed by atoms with Crippen LogP contribution in [0.15, 0.2) is 17.0 Å². The summed E-state index contributed by atoms with van der Waals surface area (Å²) in [4.78, 5) is 12.8. The third-order valence-electron chi connectivity index (χ3n) is 3.64. The van der Waals surface area contributed by atoms with Crippen molar-refractivity contribution in [2.24, 2.45) is 5.73 Å². The van der Waals surface area contributed by atoms with Crippen molar-refractivity contribution < 1.29 is 4.52 Å². The molecule has 0 atom stereocenters. The highest BCUT2D eigenvalue weighted by Crippen LogP contribution is 2.38. The highest BCUT2D eigenvalue weighted by atomic mass is 16.5. The lowest BCUT2D eigenvalue weighted by Crippen LogP contribution is -2.44. The lowest BCUT2D eigenvalue weighted by atomic mass is 9.77. The minimum absolute atomic E-state index is 0.267. The molecule has 0 radical (unpaired) electrons. The molecule has 1 fully saturated rings. The van der Waals surface area contributed by atoms with E-state index in [1.54, 1.807) is 6.20 Å². The smallest absolute Gasteiger partial charge is 0.261 e. The second-order valence-corrected chi connectivity index (χ2v) is 5.41. The van der Waals surface area contributed by atoms with Crippen molar-refractivity contribution in [2.45, 2.75) is 44.6 Å². The van der Waals surface area contributed by atoms with Crippen LogP contribution in [0.25, 0.3) is 11.5 Å². The number of nitrogens with zero attached hydrogens (tertiary/aromatic N) is 4. The zero-order valence-corrected chi connectivity index (χ0v) is 11.1. The molecule has 2 N–H and O–H groups in total. The monoisotopic (exact) mass is 259 g/mol. The Morgan fingerprint density at radius 1 is 1.37 bits per heavy atom. The molecular formula is C13H17N5O. The van der Waals surface area contributed by atoms with Crippen LogP contribution in [-0.2, 0) is 5.54 Å². The van der Waals surface area contributed by atoms with Crippen LogP contribution in [0.3, 0.4) is 0 Å². The maximum atomic E-state index is 6.20. The van der Waals surface area contributed by atoms with Gasteiger partial charge in [0.05, 0.1) is 16.8 Å². The molecule has 2 heterocycles. The quantitative estimate of drug-likeness (QED) is 0.906. The summed E-state index contributed by atoms with van der Waals surface area (Å²) in [6.07, 6.45) is 6.19. The van der Waals surface area contributed by atoms with Gasteiger partial charge in [-0.05, 0) is 25.2 Å². The van der Waals surface area contributed by atoms with Crippen molar-refractivity contribution in [3.63, 3.8) is 0 Å². The Balaban J connectivity index is 1.99. The Labute approximate surface area is 111 Å². The Morgan fingerprint density at radius 3 is 2.79 bits per heavy atom. The van der Waals surface area contributed by atoms with Crippen LogP contribution in [0.2, 0.25) is 0 Å². The predicted octanol–water partition coefficient (Wildman–Crippen LogP) is 1.99. The van der Waals surface area contributed by atoms with Crippen LogP contribution in [0, 0.1) is 0 Å². The zero-order valence-electron chi connectivity index (χ0n) is 11.1. The van der Waals surface area contributed by atoms with E-state index in [1.165, 1.54) is 6.33 Å². The van der Waals surface area contributed by atoms with E-state index in [-0.39, 0.29) is 5.92 Å². The van der Waals surface area contributed by atoms with Crippen LogP contribution in [0.5, 0.6) is 0 Å². The van der Waals surface area contributed by atoms with Gasteiger partial charge in [0.25, 0.3) is 5.89 Å². The highest BCUT2D eigenvalue weighted by Gasteiger charge is 2.39. The van der Waals surface area contributed by atoms with Gasteiger partial charge in [0.1, 0.15) is 6.33 Å². The molecule has 1 aliphatic rings. The standard InChI is InChI=1S/C13H17N5O/c1-8(2)10-9(6-15-7-16-10)11-17-12(18-19-11)13(14)4-3-5-13/h6-8H,3-5,14H2,1-2H3. The summed E-state index contributed by atoms with van der Waals surface area (Å²) in [5, 5.41) is 4.02. The fourth-order valence-electron chi connectivity index (χ4n) is 2.28. The molecule has 2 aromatic rings. The summed E-state index contributed by atoms with van der Waals surface area (Å²) in [7, 11) is 0. The highest BCUT2D eigenvalue weighted by molar-refractivity contribution is 5.55. The Bertz CT molecular complexity index is 588. The number of hydrogen-bond donors (Lipinski definition) is 1. The van der Waals surface area contributed by atoms with E-state index in [2.05, 4.69) is 34.0 Å². The van der Waals surface area contributed by atoms with Crippen molar-refractivity contribution >= 4 is 0 Å². The lowest BCUT2D eigenvalue weighted by molar-refractivity contribution is 0.229. The fourth-order valence-corrected chi connectivity index (χ4v) is 2.28. The molecule has 1 saturated carbocycles. The van der Waals surface area contributed by atoms with Crippen LogP contribution in [0.1, 0.15) is 50.5 Å². The topological polar surface area (TPSA) is 90.7 Å². The molecule has 19 heavy (non-hydrogen) atoms. The van der Waals surface area contributed by atoms with Gasteiger partial charge in [-0.15, -0.1) is 0 Å². The van der Waals surface area contributed by atoms with E-state index in [4.69, 9.17) is 10.3 Å². The first kappa shape index (κ1) is 12.2. The van der Waals surface area contributed by atoms with Gasteiger partial charge in [-0.3, -0.25) is 0 Å². The minimum Gasteiger partial charge on any atom is -0.334 e. The van der Waals surface area contributed by atoms with Gasteiger partial charge in [-0.1, -0.05) is 19.0 Å². The minimum atomic E-state index is -0.407. The third kappa shape index (κ3) is 2.02. The average Bonchev–Trinajstić information content (AvgIpc) is 2.85. The second kappa shape index (κ2) is 4.38. The molecule has 0 spiro atoms. The molecule has 0 aromatic carbocycles. The molecule has 0 unspecified atom stereocenters. The van der Waals surface area contributed by atoms with Crippen LogP contribution in [0.4, 0.5) is 0 Å². The first-order valence-electron chi connectivity index (χ1n) is 6.53. The third-order valence-corrected chi connectivity index (χ3v) is 3.64. The van der Waals surface area contributed by atoms with E-state index in [9.17, 15) is 0 Å². The Hall–Kier alpha value is -1.82. The molecule has 3 rings (SSSR count). The number of rotatable bonds is 3. The van der Waals surface area contributed by atoms with Gasteiger partial charge in [0, 0.05) is 6.20 Å². The van der Waals surface area contributed by atoms with Crippen LogP contribution in [-0.4, -0.2) is 20.1 Å². The number of aromatic nitrogens is 4. The molecule has 2 aromatic heterocycles. The number of hydrogen-bond acceptors (Lipinski definition) is 6. The largest absolute Gasteiger partial charge is 0.334 e. The maximum absolute atomic E-state index is 6.20. The van der Waals surface area contributed by atoms with Gasteiger partial charge in [-0.2, -0.15) is 4.98 Å². The van der Waals surface area contributed by atoms with E-state index >= 15 is 0 Å². The van der Waals surface area contributed by atoms with E-state index in [0.29, 0.717) is 11.7 Å². The molecule has 0 saturated heterocycles. The molecule has 1 aliphatic carbocycles. The van der Waals surface area contributed by atoms with Crippen molar-refractivity contribution in [1.29, 1.82) is 0 Å². The maximum Gasteiger partial charge on any atom is 0.261 e. The van der Waals surface area contributed by atoms with E-state index < -0.39 is 5.54 Å². The summed E-state index contributed by atoms with van der Waals surface area (Å²) in [6, 6.07) is 0. The van der Waals surface area contributed by atoms with E-state index in [0.717, 1.165) is 30.5 Å². The van der Waals surface area contributed by atoms with Gasteiger partial charge in [0.2, 0.25) is 0 Å².